The molecule has 2 aromatic carbocycles. The summed E-state index contributed by atoms with van der Waals surface area (Å²) in [6, 6.07) is 17.5. The van der Waals surface area contributed by atoms with E-state index in [0.29, 0.717) is 32.6 Å². The number of ether oxygens (including phenoxy) is 1. The van der Waals surface area contributed by atoms with Gasteiger partial charge in [-0.25, -0.2) is 4.79 Å². The molecule has 1 unspecified atom stereocenters. The molecule has 3 rings (SSSR count). The predicted octanol–water partition coefficient (Wildman–Crippen LogP) is 3.28. The van der Waals surface area contributed by atoms with Gasteiger partial charge in [0.05, 0.1) is 7.11 Å². The lowest BCUT2D eigenvalue weighted by Crippen LogP contribution is -2.38. The smallest absolute Gasteiger partial charge is 0.317 e. The molecule has 1 saturated heterocycles. The van der Waals surface area contributed by atoms with Gasteiger partial charge in [0.1, 0.15) is 5.75 Å². The first kappa shape index (κ1) is 20.7. The van der Waals surface area contributed by atoms with Gasteiger partial charge in [-0.15, -0.1) is 0 Å². The molecule has 1 N–H and O–H groups in total. The number of nitrogens with one attached hydrogen (secondary N) is 1. The first-order valence-corrected chi connectivity index (χ1v) is 9.98. The lowest BCUT2D eigenvalue weighted by Gasteiger charge is -2.20. The highest BCUT2D eigenvalue weighted by Gasteiger charge is 2.28. The molecule has 1 fully saturated rings. The quantitative estimate of drug-likeness (QED) is 0.783. The first-order chi connectivity index (χ1) is 14.0. The fourth-order valence-corrected chi connectivity index (χ4v) is 3.56. The van der Waals surface area contributed by atoms with Gasteiger partial charge in [0.15, 0.2) is 0 Å². The number of carbonyl (C=O) groups excluding carboxylic acids is 2. The number of carbonyl (C=O) groups is 2. The number of hydrogen-bond acceptors (Lipinski definition) is 3. The van der Waals surface area contributed by atoms with Crippen molar-refractivity contribution in [1.82, 2.24) is 15.1 Å². The van der Waals surface area contributed by atoms with Crippen molar-refractivity contribution in [2.24, 2.45) is 5.92 Å². The van der Waals surface area contributed by atoms with Crippen LogP contribution in [0.25, 0.3) is 0 Å². The van der Waals surface area contributed by atoms with Gasteiger partial charge in [0, 0.05) is 39.6 Å². The van der Waals surface area contributed by atoms with Crippen LogP contribution in [-0.2, 0) is 17.9 Å². The lowest BCUT2D eigenvalue weighted by molar-refractivity contribution is -0.131. The topological polar surface area (TPSA) is 61.9 Å². The van der Waals surface area contributed by atoms with E-state index in [1.165, 1.54) is 0 Å². The minimum atomic E-state index is -0.0755. The Kier molecular flexibility index (Phi) is 7.11. The Balaban J connectivity index is 1.41. The van der Waals surface area contributed by atoms with Gasteiger partial charge >= 0.3 is 6.03 Å². The van der Waals surface area contributed by atoms with E-state index in [4.69, 9.17) is 4.74 Å². The van der Waals surface area contributed by atoms with Crippen molar-refractivity contribution < 1.29 is 14.3 Å². The number of methoxy groups -OCH3 is 1. The summed E-state index contributed by atoms with van der Waals surface area (Å²) in [5.41, 5.74) is 2.14. The van der Waals surface area contributed by atoms with Gasteiger partial charge in [0.2, 0.25) is 5.91 Å². The molecule has 0 spiro atoms. The Morgan fingerprint density at radius 2 is 1.83 bits per heavy atom. The van der Waals surface area contributed by atoms with Crippen molar-refractivity contribution in [3.05, 3.63) is 65.7 Å². The van der Waals surface area contributed by atoms with Crippen LogP contribution in [0.4, 0.5) is 4.79 Å². The van der Waals surface area contributed by atoms with E-state index < -0.39 is 0 Å². The molecule has 0 aromatic heterocycles. The predicted molar refractivity (Wildman–Crippen MR) is 112 cm³/mol. The normalized spacial score (nSPS) is 15.8. The molecular weight excluding hydrogens is 366 g/mol. The zero-order valence-corrected chi connectivity index (χ0v) is 17.1. The number of rotatable bonds is 7. The maximum absolute atomic E-state index is 12.5. The molecule has 0 bridgehead atoms. The summed E-state index contributed by atoms with van der Waals surface area (Å²) in [6.07, 6.45) is 1.34. The van der Waals surface area contributed by atoms with Crippen molar-refractivity contribution in [3.8, 4) is 5.75 Å². The standard InChI is InChI=1S/C23H29N3O3/c1-25(16-19-6-4-3-5-7-19)22(27)14-20-12-13-26(17-20)23(28)24-15-18-8-10-21(29-2)11-9-18/h3-11,20H,12-17H2,1-2H3,(H,24,28). The van der Waals surface area contributed by atoms with Crippen LogP contribution >= 0.6 is 0 Å². The molecule has 1 aliphatic rings. The number of benzene rings is 2. The van der Waals surface area contributed by atoms with Crippen molar-refractivity contribution in [2.75, 3.05) is 27.2 Å². The summed E-state index contributed by atoms with van der Waals surface area (Å²) in [6.45, 7) is 2.40. The molecule has 0 aliphatic carbocycles. The molecule has 1 atom stereocenters. The van der Waals surface area contributed by atoms with Gasteiger partial charge in [-0.2, -0.15) is 0 Å². The maximum Gasteiger partial charge on any atom is 0.317 e. The summed E-state index contributed by atoms with van der Waals surface area (Å²) in [5.74, 6) is 1.14. The van der Waals surface area contributed by atoms with Gasteiger partial charge < -0.3 is 19.9 Å². The Bertz CT molecular complexity index is 808. The van der Waals surface area contributed by atoms with Gasteiger partial charge in [-0.05, 0) is 35.6 Å². The van der Waals surface area contributed by atoms with E-state index in [1.54, 1.807) is 16.9 Å². The fourth-order valence-electron chi connectivity index (χ4n) is 3.56. The first-order valence-electron chi connectivity index (χ1n) is 9.98. The molecule has 0 saturated carbocycles. The highest BCUT2D eigenvalue weighted by Crippen LogP contribution is 2.21. The minimum Gasteiger partial charge on any atom is -0.497 e. The molecule has 1 heterocycles. The van der Waals surface area contributed by atoms with Crippen LogP contribution in [0.1, 0.15) is 24.0 Å². The van der Waals surface area contributed by atoms with Crippen LogP contribution in [0.3, 0.4) is 0 Å². The van der Waals surface area contributed by atoms with Crippen molar-refractivity contribution in [2.45, 2.75) is 25.9 Å². The van der Waals surface area contributed by atoms with Crippen LogP contribution in [0, 0.1) is 5.92 Å². The van der Waals surface area contributed by atoms with Crippen LogP contribution in [0.15, 0.2) is 54.6 Å². The Morgan fingerprint density at radius 3 is 2.52 bits per heavy atom. The van der Waals surface area contributed by atoms with E-state index in [9.17, 15) is 9.59 Å². The summed E-state index contributed by atoms with van der Waals surface area (Å²) in [4.78, 5) is 28.6. The number of hydrogen-bond donors (Lipinski definition) is 1. The molecule has 0 radical (unpaired) electrons. The molecule has 1 aliphatic heterocycles. The van der Waals surface area contributed by atoms with Crippen molar-refractivity contribution in [1.29, 1.82) is 0 Å². The molecular formula is C23H29N3O3. The summed E-state index contributed by atoms with van der Waals surface area (Å²) in [7, 11) is 3.47. The molecule has 29 heavy (non-hydrogen) atoms. The second-order valence-electron chi connectivity index (χ2n) is 7.55. The zero-order valence-electron chi connectivity index (χ0n) is 17.1. The highest BCUT2D eigenvalue weighted by atomic mass is 16.5. The van der Waals surface area contributed by atoms with Crippen LogP contribution in [-0.4, -0.2) is 49.0 Å². The number of amides is 3. The third-order valence-corrected chi connectivity index (χ3v) is 5.33. The second kappa shape index (κ2) is 9.96. The van der Waals surface area contributed by atoms with E-state index in [0.717, 1.165) is 23.3 Å². The van der Waals surface area contributed by atoms with Gasteiger partial charge in [-0.1, -0.05) is 42.5 Å². The van der Waals surface area contributed by atoms with Crippen molar-refractivity contribution in [3.63, 3.8) is 0 Å². The summed E-state index contributed by atoms with van der Waals surface area (Å²) in [5, 5.41) is 2.96. The molecule has 2 aromatic rings. The second-order valence-corrected chi connectivity index (χ2v) is 7.55. The molecule has 6 heteroatoms. The number of urea groups is 1. The molecule has 154 valence electrons. The Morgan fingerprint density at radius 1 is 1.10 bits per heavy atom. The van der Waals surface area contributed by atoms with Gasteiger partial charge in [-0.3, -0.25) is 4.79 Å². The Labute approximate surface area is 172 Å². The van der Waals surface area contributed by atoms with E-state index in [-0.39, 0.29) is 17.9 Å². The van der Waals surface area contributed by atoms with Crippen LogP contribution in [0.5, 0.6) is 5.75 Å². The third-order valence-electron chi connectivity index (χ3n) is 5.33. The monoisotopic (exact) mass is 395 g/mol. The lowest BCUT2D eigenvalue weighted by atomic mass is 10.0. The maximum atomic E-state index is 12.5. The average molecular weight is 396 g/mol. The average Bonchev–Trinajstić information content (AvgIpc) is 3.21. The Hall–Kier alpha value is -3.02. The van der Waals surface area contributed by atoms with E-state index in [1.807, 2.05) is 61.6 Å². The fraction of sp³-hybridized carbons (Fsp3) is 0.391. The highest BCUT2D eigenvalue weighted by molar-refractivity contribution is 5.77. The SMILES string of the molecule is COc1ccc(CNC(=O)N2CCC(CC(=O)N(C)Cc3ccccc3)C2)cc1. The van der Waals surface area contributed by atoms with Crippen molar-refractivity contribution >= 4 is 11.9 Å². The molecule has 6 nitrogen and oxygen atoms in total. The van der Waals surface area contributed by atoms with Crippen LogP contribution < -0.4 is 10.1 Å². The van der Waals surface area contributed by atoms with E-state index in [2.05, 4.69) is 5.32 Å². The number of nitrogens with zero attached hydrogens (tertiary/aromatic N) is 2. The number of likely N-dealkylation sites (tertiary alicyclic amines) is 1. The third kappa shape index (κ3) is 5.98. The minimum absolute atomic E-state index is 0.0755. The zero-order chi connectivity index (χ0) is 20.6. The molecule has 3 amide bonds. The van der Waals surface area contributed by atoms with Crippen LogP contribution in [0.2, 0.25) is 0 Å². The summed E-state index contributed by atoms with van der Waals surface area (Å²) < 4.78 is 5.14. The van der Waals surface area contributed by atoms with E-state index >= 15 is 0 Å². The largest absolute Gasteiger partial charge is 0.497 e. The summed E-state index contributed by atoms with van der Waals surface area (Å²) >= 11 is 0. The van der Waals surface area contributed by atoms with Gasteiger partial charge in [0.25, 0.3) is 0 Å².